The largest absolute Gasteiger partial charge is 0.491 e. The first-order valence-electron chi connectivity index (χ1n) is 8.78. The molecule has 1 heterocycles. The fraction of sp³-hybridized carbons (Fsp3) is 0.316. The molecule has 1 saturated heterocycles. The minimum absolute atomic E-state index is 0.0373. The number of hydrogen-bond donors (Lipinski definition) is 2. The van der Waals surface area contributed by atoms with Gasteiger partial charge < -0.3 is 20.5 Å². The van der Waals surface area contributed by atoms with E-state index in [9.17, 15) is 4.79 Å². The first kappa shape index (κ1) is 20.5. The van der Waals surface area contributed by atoms with Crippen molar-refractivity contribution in [1.82, 2.24) is 5.06 Å². The molecule has 2 aromatic rings. The third-order valence-electron chi connectivity index (χ3n) is 3.98. The lowest BCUT2D eigenvalue weighted by molar-refractivity contribution is -0.111. The van der Waals surface area contributed by atoms with Gasteiger partial charge in [0.05, 0.1) is 18.8 Å². The molecule has 3 N–H and O–H groups in total. The Morgan fingerprint density at radius 1 is 1.21 bits per heavy atom. The molecular weight excluding hydrogens is 405 g/mol. The average Bonchev–Trinajstić information content (AvgIpc) is 3.09. The first-order valence-corrected chi connectivity index (χ1v) is 9.54. The van der Waals surface area contributed by atoms with E-state index < -0.39 is 6.03 Å². The second-order valence-electron chi connectivity index (χ2n) is 6.21. The van der Waals surface area contributed by atoms with Gasteiger partial charge in [0.25, 0.3) is 0 Å². The summed E-state index contributed by atoms with van der Waals surface area (Å²) in [5.74, 6) is 1.27. The zero-order chi connectivity index (χ0) is 19.9. The van der Waals surface area contributed by atoms with Crippen molar-refractivity contribution in [2.75, 3.05) is 31.6 Å². The van der Waals surface area contributed by atoms with Gasteiger partial charge >= 0.3 is 6.03 Å². The van der Waals surface area contributed by atoms with Crippen LogP contribution in [0, 0.1) is 0 Å². The molecule has 0 radical (unpaired) electrons. The number of nitrogens with two attached hydrogens (primary N) is 1. The fourth-order valence-electron chi connectivity index (χ4n) is 2.74. The number of carbonyl (C=O) groups excluding carboxylic acids is 1. The molecule has 0 bridgehead atoms. The van der Waals surface area contributed by atoms with Crippen LogP contribution in [0.15, 0.2) is 42.5 Å². The number of ether oxygens (including phenoxy) is 2. The Bertz CT molecular complexity index is 804. The lowest BCUT2D eigenvalue weighted by Crippen LogP contribution is -2.26. The van der Waals surface area contributed by atoms with E-state index in [2.05, 4.69) is 5.32 Å². The molecule has 0 aliphatic carbocycles. The molecule has 1 fully saturated rings. The van der Waals surface area contributed by atoms with Crippen LogP contribution in [0.1, 0.15) is 6.42 Å². The van der Waals surface area contributed by atoms with Crippen molar-refractivity contribution in [3.63, 3.8) is 0 Å². The Morgan fingerprint density at radius 3 is 2.71 bits per heavy atom. The maximum atomic E-state index is 11.1. The molecule has 150 valence electrons. The molecule has 0 saturated carbocycles. The summed E-state index contributed by atoms with van der Waals surface area (Å²) in [6.07, 6.45) is 0.691. The predicted molar refractivity (Wildman–Crippen MR) is 108 cm³/mol. The van der Waals surface area contributed by atoms with Crippen LogP contribution in [0.3, 0.4) is 0 Å². The van der Waals surface area contributed by atoms with Crippen LogP contribution in [0.4, 0.5) is 10.5 Å². The van der Waals surface area contributed by atoms with Crippen LogP contribution in [0.25, 0.3) is 0 Å². The van der Waals surface area contributed by atoms with Gasteiger partial charge in [-0.05, 0) is 48.9 Å². The Kier molecular flexibility index (Phi) is 7.22. The lowest BCUT2D eigenvalue weighted by Gasteiger charge is -2.16. The third-order valence-corrected chi connectivity index (χ3v) is 4.46. The van der Waals surface area contributed by atoms with Crippen LogP contribution < -0.4 is 20.5 Å². The van der Waals surface area contributed by atoms with Crippen molar-refractivity contribution >= 4 is 34.9 Å². The monoisotopic (exact) mass is 425 g/mol. The molecule has 1 unspecified atom stereocenters. The third kappa shape index (κ3) is 6.17. The van der Waals surface area contributed by atoms with E-state index >= 15 is 0 Å². The highest BCUT2D eigenvalue weighted by molar-refractivity contribution is 6.31. The van der Waals surface area contributed by atoms with E-state index in [4.69, 9.17) is 43.2 Å². The maximum Gasteiger partial charge on any atom is 0.316 e. The van der Waals surface area contributed by atoms with Gasteiger partial charge in [-0.15, -0.1) is 0 Å². The normalized spacial score (nSPS) is 16.7. The van der Waals surface area contributed by atoms with E-state index in [0.717, 1.165) is 12.2 Å². The Balaban J connectivity index is 1.40. The number of hydrogen-bond acceptors (Lipinski definition) is 5. The molecule has 1 aliphatic rings. The van der Waals surface area contributed by atoms with Crippen molar-refractivity contribution in [3.05, 3.63) is 52.5 Å². The van der Waals surface area contributed by atoms with Crippen molar-refractivity contribution < 1.29 is 19.1 Å². The number of benzene rings is 2. The summed E-state index contributed by atoms with van der Waals surface area (Å²) in [6, 6.07) is 11.5. The number of hydroxylamine groups is 2. The predicted octanol–water partition coefficient (Wildman–Crippen LogP) is 3.95. The minimum atomic E-state index is -0.677. The molecule has 1 atom stereocenters. The van der Waals surface area contributed by atoms with E-state index in [0.29, 0.717) is 47.8 Å². The first-order chi connectivity index (χ1) is 13.5. The number of carbonyl (C=O) groups is 1. The molecular formula is C19H21Cl2N3O4. The molecule has 0 spiro atoms. The highest BCUT2D eigenvalue weighted by Gasteiger charge is 2.24. The number of anilines is 1. The SMILES string of the molecule is NC(=O)Nc1cc(Cl)ccc1OCCCN1CC(Oc2ccc(Cl)cc2)CO1. The van der Waals surface area contributed by atoms with Crippen LogP contribution in [0.2, 0.25) is 10.0 Å². The lowest BCUT2D eigenvalue weighted by atomic mass is 10.3. The number of urea groups is 1. The number of halogens is 2. The number of nitrogens with zero attached hydrogens (tertiary/aromatic N) is 1. The van der Waals surface area contributed by atoms with Gasteiger partial charge in [-0.25, -0.2) is 4.79 Å². The second kappa shape index (κ2) is 9.84. The highest BCUT2D eigenvalue weighted by Crippen LogP contribution is 2.28. The van der Waals surface area contributed by atoms with E-state index in [1.54, 1.807) is 30.3 Å². The van der Waals surface area contributed by atoms with Crippen molar-refractivity contribution in [1.29, 1.82) is 0 Å². The summed E-state index contributed by atoms with van der Waals surface area (Å²) >= 11 is 11.8. The Morgan fingerprint density at radius 2 is 1.96 bits per heavy atom. The van der Waals surface area contributed by atoms with Crippen molar-refractivity contribution in [2.45, 2.75) is 12.5 Å². The summed E-state index contributed by atoms with van der Waals surface area (Å²) in [4.78, 5) is 16.7. The smallest absolute Gasteiger partial charge is 0.316 e. The standard InChI is InChI=1S/C19H21Cl2N3O4/c20-13-2-5-15(6-3-13)28-16-11-24(27-12-16)8-1-9-26-18-7-4-14(21)10-17(18)23-19(22)25/h2-7,10,16H,1,8-9,11-12H2,(H3,22,23,25). The van der Waals surface area contributed by atoms with Gasteiger partial charge in [0, 0.05) is 16.6 Å². The topological polar surface area (TPSA) is 86.1 Å². The molecule has 2 aromatic carbocycles. The molecule has 1 aliphatic heterocycles. The van der Waals surface area contributed by atoms with Crippen LogP contribution in [0.5, 0.6) is 11.5 Å². The van der Waals surface area contributed by atoms with Gasteiger partial charge in [0.2, 0.25) is 0 Å². The van der Waals surface area contributed by atoms with Gasteiger partial charge in [-0.3, -0.25) is 4.84 Å². The second-order valence-corrected chi connectivity index (χ2v) is 7.08. The summed E-state index contributed by atoms with van der Waals surface area (Å²) in [5, 5.41) is 5.51. The minimum Gasteiger partial charge on any atom is -0.491 e. The number of primary amides is 1. The molecule has 3 rings (SSSR count). The maximum absolute atomic E-state index is 11.1. The summed E-state index contributed by atoms with van der Waals surface area (Å²) in [6.45, 7) is 2.29. The van der Waals surface area contributed by atoms with Crippen LogP contribution in [-0.2, 0) is 4.84 Å². The highest BCUT2D eigenvalue weighted by atomic mass is 35.5. The summed E-state index contributed by atoms with van der Waals surface area (Å²) in [5.41, 5.74) is 5.61. The van der Waals surface area contributed by atoms with Gasteiger partial charge in [-0.1, -0.05) is 23.2 Å². The van der Waals surface area contributed by atoms with Crippen molar-refractivity contribution in [3.8, 4) is 11.5 Å². The molecule has 9 heteroatoms. The Labute approximate surface area is 173 Å². The molecule has 28 heavy (non-hydrogen) atoms. The number of amides is 2. The quantitative estimate of drug-likeness (QED) is 0.625. The van der Waals surface area contributed by atoms with Crippen LogP contribution in [-0.4, -0.2) is 43.5 Å². The van der Waals surface area contributed by atoms with Crippen molar-refractivity contribution in [2.24, 2.45) is 5.73 Å². The molecule has 2 amide bonds. The van der Waals surface area contributed by atoms with E-state index in [-0.39, 0.29) is 6.10 Å². The van der Waals surface area contributed by atoms with Gasteiger partial charge in [0.15, 0.2) is 0 Å². The fourth-order valence-corrected chi connectivity index (χ4v) is 3.03. The van der Waals surface area contributed by atoms with Gasteiger partial charge in [-0.2, -0.15) is 5.06 Å². The number of rotatable bonds is 8. The molecule has 7 nitrogen and oxygen atoms in total. The average molecular weight is 426 g/mol. The summed E-state index contributed by atoms with van der Waals surface area (Å²) in [7, 11) is 0. The zero-order valence-corrected chi connectivity index (χ0v) is 16.6. The van der Waals surface area contributed by atoms with E-state index in [1.807, 2.05) is 17.2 Å². The van der Waals surface area contributed by atoms with Gasteiger partial charge in [0.1, 0.15) is 24.2 Å². The van der Waals surface area contributed by atoms with Crippen LogP contribution >= 0.6 is 23.2 Å². The zero-order valence-electron chi connectivity index (χ0n) is 15.1. The van der Waals surface area contributed by atoms with E-state index in [1.165, 1.54) is 0 Å². The number of nitrogens with one attached hydrogen (secondary N) is 1. The summed E-state index contributed by atoms with van der Waals surface area (Å²) < 4.78 is 11.6. The molecule has 0 aromatic heterocycles. The Hall–Kier alpha value is -2.19.